The van der Waals surface area contributed by atoms with Gasteiger partial charge in [0.15, 0.2) is 0 Å². The van der Waals surface area contributed by atoms with Crippen LogP contribution in [-0.4, -0.2) is 17.0 Å². The number of benzene rings is 2. The number of aromatic carboxylic acids is 1. The smallest absolute Gasteiger partial charge is 0.335 e. The molecule has 0 fully saturated rings. The van der Waals surface area contributed by atoms with Crippen molar-refractivity contribution in [2.45, 2.75) is 0 Å². The van der Waals surface area contributed by atoms with Crippen LogP contribution >= 0.6 is 15.9 Å². The van der Waals surface area contributed by atoms with E-state index in [2.05, 4.69) is 21.2 Å². The van der Waals surface area contributed by atoms with Crippen LogP contribution in [0.25, 0.3) is 0 Å². The van der Waals surface area contributed by atoms with Crippen molar-refractivity contribution in [3.8, 4) is 0 Å². The number of nitrogens with one attached hydrogen (secondary N) is 1. The molecule has 0 aliphatic rings. The predicted octanol–water partition coefficient (Wildman–Crippen LogP) is 2.98. The number of halogens is 1. The summed E-state index contributed by atoms with van der Waals surface area (Å²) in [5.74, 6) is -1.41. The Bertz CT molecular complexity index is 666. The van der Waals surface area contributed by atoms with Gasteiger partial charge >= 0.3 is 5.97 Å². The molecule has 0 spiro atoms. The summed E-state index contributed by atoms with van der Waals surface area (Å²) in [6.07, 6.45) is 0. The molecule has 0 aliphatic carbocycles. The van der Waals surface area contributed by atoms with Gasteiger partial charge in [-0.2, -0.15) is 0 Å². The molecule has 0 bridgehead atoms. The summed E-state index contributed by atoms with van der Waals surface area (Å²) >= 11 is 3.26. The molecule has 5 nitrogen and oxygen atoms in total. The molecule has 1 amide bonds. The first-order valence-corrected chi connectivity index (χ1v) is 6.46. The van der Waals surface area contributed by atoms with E-state index < -0.39 is 5.97 Å². The summed E-state index contributed by atoms with van der Waals surface area (Å²) in [7, 11) is 0. The van der Waals surface area contributed by atoms with Crippen molar-refractivity contribution in [3.63, 3.8) is 0 Å². The second-order valence-electron chi connectivity index (χ2n) is 4.11. The number of carbonyl (C=O) groups excluding carboxylic acids is 1. The fraction of sp³-hybridized carbons (Fsp3) is 0. The van der Waals surface area contributed by atoms with Gasteiger partial charge in [-0.15, -0.1) is 0 Å². The Hall–Kier alpha value is -2.34. The van der Waals surface area contributed by atoms with Crippen molar-refractivity contribution in [3.05, 3.63) is 58.1 Å². The Morgan fingerprint density at radius 1 is 1.10 bits per heavy atom. The summed E-state index contributed by atoms with van der Waals surface area (Å²) in [5.41, 5.74) is 7.03. The van der Waals surface area contributed by atoms with Crippen LogP contribution < -0.4 is 11.1 Å². The summed E-state index contributed by atoms with van der Waals surface area (Å²) < 4.78 is 0.696. The van der Waals surface area contributed by atoms with E-state index in [1.165, 1.54) is 12.1 Å². The van der Waals surface area contributed by atoms with Gasteiger partial charge in [0.05, 0.1) is 5.56 Å². The van der Waals surface area contributed by atoms with E-state index in [4.69, 9.17) is 10.8 Å². The zero-order valence-electron chi connectivity index (χ0n) is 10.3. The highest BCUT2D eigenvalue weighted by Gasteiger charge is 2.09. The molecule has 6 heteroatoms. The molecule has 0 heterocycles. The molecule has 0 atom stereocenters. The van der Waals surface area contributed by atoms with Crippen molar-refractivity contribution in [2.24, 2.45) is 0 Å². The molecular weight excluding hydrogens is 324 g/mol. The highest BCUT2D eigenvalue weighted by molar-refractivity contribution is 9.10. The largest absolute Gasteiger partial charge is 0.478 e. The summed E-state index contributed by atoms with van der Waals surface area (Å²) in [6, 6.07) is 10.9. The van der Waals surface area contributed by atoms with Gasteiger partial charge < -0.3 is 16.2 Å². The monoisotopic (exact) mass is 334 g/mol. The molecule has 2 rings (SSSR count). The van der Waals surface area contributed by atoms with E-state index in [0.717, 1.165) is 0 Å². The van der Waals surface area contributed by atoms with Gasteiger partial charge in [0.25, 0.3) is 5.91 Å². The van der Waals surface area contributed by atoms with Crippen molar-refractivity contribution < 1.29 is 14.7 Å². The number of carbonyl (C=O) groups is 2. The van der Waals surface area contributed by atoms with Crippen LogP contribution in [0.3, 0.4) is 0 Å². The number of anilines is 2. The number of rotatable bonds is 3. The van der Waals surface area contributed by atoms with Crippen LogP contribution in [0.15, 0.2) is 46.9 Å². The highest BCUT2D eigenvalue weighted by atomic mass is 79.9. The van der Waals surface area contributed by atoms with E-state index >= 15 is 0 Å². The first-order valence-electron chi connectivity index (χ1n) is 5.66. The average Bonchev–Trinajstić information content (AvgIpc) is 2.37. The quantitative estimate of drug-likeness (QED) is 0.752. The Labute approximate surface area is 123 Å². The van der Waals surface area contributed by atoms with Gasteiger partial charge in [-0.3, -0.25) is 4.79 Å². The predicted molar refractivity (Wildman–Crippen MR) is 79.9 cm³/mol. The molecule has 0 unspecified atom stereocenters. The SMILES string of the molecule is Nc1cc(Br)cc(C(=O)Nc2cccc(C(=O)O)c2)c1. The van der Waals surface area contributed by atoms with E-state index in [0.29, 0.717) is 21.4 Å². The van der Waals surface area contributed by atoms with Gasteiger partial charge in [-0.1, -0.05) is 22.0 Å². The second-order valence-corrected chi connectivity index (χ2v) is 5.03. The Morgan fingerprint density at radius 2 is 1.85 bits per heavy atom. The van der Waals surface area contributed by atoms with Gasteiger partial charge in [-0.25, -0.2) is 4.79 Å². The Balaban J connectivity index is 2.23. The van der Waals surface area contributed by atoms with Crippen LogP contribution in [0, 0.1) is 0 Å². The molecule has 4 N–H and O–H groups in total. The van der Waals surface area contributed by atoms with E-state index in [9.17, 15) is 9.59 Å². The van der Waals surface area contributed by atoms with E-state index in [-0.39, 0.29) is 11.5 Å². The molecule has 0 saturated carbocycles. The maximum atomic E-state index is 12.1. The second kappa shape index (κ2) is 5.75. The third-order valence-corrected chi connectivity index (χ3v) is 3.01. The third-order valence-electron chi connectivity index (χ3n) is 2.55. The summed E-state index contributed by atoms with van der Waals surface area (Å²) in [4.78, 5) is 22.9. The number of carboxylic acid groups (broad SMARTS) is 1. The molecule has 102 valence electrons. The molecule has 0 aromatic heterocycles. The lowest BCUT2D eigenvalue weighted by Gasteiger charge is -2.07. The van der Waals surface area contributed by atoms with Gasteiger partial charge in [0.1, 0.15) is 0 Å². The van der Waals surface area contributed by atoms with E-state index in [1.807, 2.05) is 0 Å². The lowest BCUT2D eigenvalue weighted by atomic mass is 10.1. The number of amides is 1. The number of carboxylic acids is 1. The zero-order chi connectivity index (χ0) is 14.7. The fourth-order valence-electron chi connectivity index (χ4n) is 1.68. The maximum Gasteiger partial charge on any atom is 0.335 e. The van der Waals surface area contributed by atoms with Crippen LogP contribution in [0.1, 0.15) is 20.7 Å². The van der Waals surface area contributed by atoms with Crippen LogP contribution in [0.2, 0.25) is 0 Å². The van der Waals surface area contributed by atoms with Crippen molar-refractivity contribution in [1.29, 1.82) is 0 Å². The average molecular weight is 335 g/mol. The Kier molecular flexibility index (Phi) is 4.05. The Morgan fingerprint density at radius 3 is 2.50 bits per heavy atom. The van der Waals surface area contributed by atoms with Crippen LogP contribution in [-0.2, 0) is 0 Å². The zero-order valence-corrected chi connectivity index (χ0v) is 11.8. The van der Waals surface area contributed by atoms with Crippen molar-refractivity contribution >= 4 is 39.2 Å². The topological polar surface area (TPSA) is 92.4 Å². The lowest BCUT2D eigenvalue weighted by Crippen LogP contribution is -2.12. The van der Waals surface area contributed by atoms with Crippen LogP contribution in [0.4, 0.5) is 11.4 Å². The number of hydrogen-bond donors (Lipinski definition) is 3. The minimum Gasteiger partial charge on any atom is -0.478 e. The fourth-order valence-corrected chi connectivity index (χ4v) is 2.19. The van der Waals surface area contributed by atoms with Gasteiger partial charge in [0.2, 0.25) is 0 Å². The molecule has 0 saturated heterocycles. The normalized spacial score (nSPS) is 10.1. The number of nitrogen functional groups attached to an aromatic ring is 1. The van der Waals surface area contributed by atoms with Gasteiger partial charge in [0, 0.05) is 21.4 Å². The summed E-state index contributed by atoms with van der Waals surface area (Å²) in [6.45, 7) is 0. The molecule has 20 heavy (non-hydrogen) atoms. The number of nitrogens with two attached hydrogens (primary N) is 1. The third kappa shape index (κ3) is 3.36. The van der Waals surface area contributed by atoms with Crippen molar-refractivity contribution in [1.82, 2.24) is 0 Å². The maximum absolute atomic E-state index is 12.1. The van der Waals surface area contributed by atoms with E-state index in [1.54, 1.807) is 30.3 Å². The highest BCUT2D eigenvalue weighted by Crippen LogP contribution is 2.19. The number of hydrogen-bond acceptors (Lipinski definition) is 3. The first-order chi connectivity index (χ1) is 9.45. The molecule has 2 aromatic carbocycles. The van der Waals surface area contributed by atoms with Gasteiger partial charge in [-0.05, 0) is 36.4 Å². The minimum atomic E-state index is -1.05. The molecule has 0 aliphatic heterocycles. The molecule has 0 radical (unpaired) electrons. The van der Waals surface area contributed by atoms with Crippen LogP contribution in [0.5, 0.6) is 0 Å². The summed E-state index contributed by atoms with van der Waals surface area (Å²) in [5, 5.41) is 11.5. The first kappa shape index (κ1) is 14.1. The molecule has 2 aromatic rings. The lowest BCUT2D eigenvalue weighted by molar-refractivity contribution is 0.0696. The van der Waals surface area contributed by atoms with Crippen molar-refractivity contribution in [2.75, 3.05) is 11.1 Å². The molecular formula is C14H11BrN2O3. The minimum absolute atomic E-state index is 0.108. The standard InChI is InChI=1S/C14H11BrN2O3/c15-10-4-9(5-11(16)7-10)13(18)17-12-3-1-2-8(6-12)14(19)20/h1-7H,16H2,(H,17,18)(H,19,20).